The summed E-state index contributed by atoms with van der Waals surface area (Å²) in [5, 5.41) is 12.5. The Morgan fingerprint density at radius 2 is 1.79 bits per heavy atom. The van der Waals surface area contributed by atoms with Crippen LogP contribution < -0.4 is 10.1 Å². The highest BCUT2D eigenvalue weighted by Gasteiger charge is 2.30. The molecule has 0 bridgehead atoms. The number of aliphatic hydroxyl groups is 1. The molecule has 0 fully saturated rings. The maximum Gasteiger partial charge on any atom is 0.416 e. The Morgan fingerprint density at radius 3 is 2.38 bits per heavy atom. The standard InChI is InChI=1S/C17H16F3NO3/c1-24-15-5-3-2-4-13(15)16(23)21-10-14(22)11-6-8-12(9-7-11)17(18,19)20/h2-9,14,22H,10H2,1H3,(H,21,23)/t14-/m0/s1. The zero-order chi connectivity index (χ0) is 17.7. The van der Waals surface area contributed by atoms with E-state index in [0.29, 0.717) is 11.3 Å². The predicted molar refractivity (Wildman–Crippen MR) is 81.7 cm³/mol. The van der Waals surface area contributed by atoms with Gasteiger partial charge < -0.3 is 15.2 Å². The number of aliphatic hydroxyl groups excluding tert-OH is 1. The number of hydrogen-bond donors (Lipinski definition) is 2. The van der Waals surface area contributed by atoms with E-state index in [4.69, 9.17) is 4.74 Å². The number of halogens is 3. The summed E-state index contributed by atoms with van der Waals surface area (Å²) in [5.41, 5.74) is -0.209. The smallest absolute Gasteiger partial charge is 0.416 e. The van der Waals surface area contributed by atoms with E-state index in [9.17, 15) is 23.1 Å². The second-order valence-electron chi connectivity index (χ2n) is 5.05. The van der Waals surface area contributed by atoms with Gasteiger partial charge in [0.2, 0.25) is 0 Å². The molecule has 0 radical (unpaired) electrons. The SMILES string of the molecule is COc1ccccc1C(=O)NC[C@H](O)c1ccc(C(F)(F)F)cc1. The van der Waals surface area contributed by atoms with Crippen LogP contribution in [0, 0.1) is 0 Å². The van der Waals surface area contributed by atoms with Gasteiger partial charge in [-0.1, -0.05) is 24.3 Å². The number of hydrogen-bond acceptors (Lipinski definition) is 3. The molecule has 0 saturated carbocycles. The van der Waals surface area contributed by atoms with Crippen molar-refractivity contribution in [3.8, 4) is 5.75 Å². The molecule has 128 valence electrons. The topological polar surface area (TPSA) is 58.6 Å². The zero-order valence-corrected chi connectivity index (χ0v) is 12.8. The molecule has 2 aromatic carbocycles. The molecule has 2 N–H and O–H groups in total. The summed E-state index contributed by atoms with van der Waals surface area (Å²) in [6, 6.07) is 10.7. The third-order valence-electron chi connectivity index (χ3n) is 3.43. The molecular formula is C17H16F3NO3. The lowest BCUT2D eigenvalue weighted by Crippen LogP contribution is -2.28. The van der Waals surface area contributed by atoms with Crippen LogP contribution in [0.3, 0.4) is 0 Å². The summed E-state index contributed by atoms with van der Waals surface area (Å²) in [7, 11) is 1.43. The Labute approximate surface area is 136 Å². The molecule has 0 heterocycles. The van der Waals surface area contributed by atoms with Crippen molar-refractivity contribution in [1.29, 1.82) is 0 Å². The number of carbonyl (C=O) groups is 1. The van der Waals surface area contributed by atoms with Crippen LogP contribution in [0.4, 0.5) is 13.2 Å². The van der Waals surface area contributed by atoms with Crippen LogP contribution in [-0.4, -0.2) is 24.7 Å². The van der Waals surface area contributed by atoms with Crippen molar-refractivity contribution >= 4 is 5.91 Å². The Kier molecular flexibility index (Phi) is 5.46. The fourth-order valence-electron chi connectivity index (χ4n) is 2.13. The molecule has 4 nitrogen and oxygen atoms in total. The van der Waals surface area contributed by atoms with Crippen LogP contribution in [-0.2, 0) is 6.18 Å². The van der Waals surface area contributed by atoms with Gasteiger partial charge in [0.05, 0.1) is 24.3 Å². The Hall–Kier alpha value is -2.54. The Balaban J connectivity index is 2.00. The molecule has 0 aliphatic heterocycles. The molecule has 0 spiro atoms. The van der Waals surface area contributed by atoms with Gasteiger partial charge in [-0.15, -0.1) is 0 Å². The number of para-hydroxylation sites is 1. The van der Waals surface area contributed by atoms with Crippen LogP contribution in [0.15, 0.2) is 48.5 Å². The van der Waals surface area contributed by atoms with E-state index in [1.54, 1.807) is 24.3 Å². The number of methoxy groups -OCH3 is 1. The Morgan fingerprint density at radius 1 is 1.17 bits per heavy atom. The second kappa shape index (κ2) is 7.35. The number of ether oxygens (including phenoxy) is 1. The molecule has 2 rings (SSSR count). The first-order chi connectivity index (χ1) is 11.3. The van der Waals surface area contributed by atoms with Gasteiger partial charge in [-0.05, 0) is 29.8 Å². The number of alkyl halides is 3. The van der Waals surface area contributed by atoms with E-state index in [1.807, 2.05) is 0 Å². The lowest BCUT2D eigenvalue weighted by molar-refractivity contribution is -0.137. The van der Waals surface area contributed by atoms with Crippen molar-refractivity contribution in [3.63, 3.8) is 0 Å². The monoisotopic (exact) mass is 339 g/mol. The first kappa shape index (κ1) is 17.8. The lowest BCUT2D eigenvalue weighted by Gasteiger charge is -2.14. The molecule has 0 aromatic heterocycles. The molecule has 1 amide bonds. The van der Waals surface area contributed by atoms with Crippen LogP contribution in [0.2, 0.25) is 0 Å². The average Bonchev–Trinajstić information content (AvgIpc) is 2.58. The summed E-state index contributed by atoms with van der Waals surface area (Å²) < 4.78 is 42.6. The molecule has 0 unspecified atom stereocenters. The molecule has 0 aliphatic carbocycles. The summed E-state index contributed by atoms with van der Waals surface area (Å²) in [6.45, 7) is -0.137. The van der Waals surface area contributed by atoms with E-state index in [0.717, 1.165) is 12.1 Å². The van der Waals surface area contributed by atoms with Crippen molar-refractivity contribution in [2.75, 3.05) is 13.7 Å². The fraction of sp³-hybridized carbons (Fsp3) is 0.235. The third kappa shape index (κ3) is 4.26. The summed E-state index contributed by atoms with van der Waals surface area (Å²) in [4.78, 5) is 12.1. The normalized spacial score (nSPS) is 12.5. The summed E-state index contributed by atoms with van der Waals surface area (Å²) in [5.74, 6) is -0.0579. The van der Waals surface area contributed by atoms with Crippen molar-refractivity contribution < 1.29 is 27.8 Å². The van der Waals surface area contributed by atoms with Gasteiger partial charge in [-0.3, -0.25) is 4.79 Å². The predicted octanol–water partition coefficient (Wildman–Crippen LogP) is 3.18. The van der Waals surface area contributed by atoms with Crippen molar-refractivity contribution in [1.82, 2.24) is 5.32 Å². The van der Waals surface area contributed by atoms with Crippen LogP contribution >= 0.6 is 0 Å². The van der Waals surface area contributed by atoms with Gasteiger partial charge in [-0.2, -0.15) is 13.2 Å². The van der Waals surface area contributed by atoms with E-state index in [2.05, 4.69) is 5.32 Å². The van der Waals surface area contributed by atoms with E-state index in [1.165, 1.54) is 19.2 Å². The quantitative estimate of drug-likeness (QED) is 0.880. The van der Waals surface area contributed by atoms with Gasteiger partial charge in [0.1, 0.15) is 5.75 Å². The summed E-state index contributed by atoms with van der Waals surface area (Å²) in [6.07, 6.45) is -5.55. The van der Waals surface area contributed by atoms with Crippen molar-refractivity contribution in [2.24, 2.45) is 0 Å². The molecule has 24 heavy (non-hydrogen) atoms. The first-order valence-electron chi connectivity index (χ1n) is 7.09. The maximum atomic E-state index is 12.5. The molecule has 0 saturated heterocycles. The van der Waals surface area contributed by atoms with Crippen molar-refractivity contribution in [2.45, 2.75) is 12.3 Å². The maximum absolute atomic E-state index is 12.5. The van der Waals surface area contributed by atoms with Gasteiger partial charge in [0, 0.05) is 6.54 Å². The molecule has 1 atom stereocenters. The van der Waals surface area contributed by atoms with Crippen LogP contribution in [0.25, 0.3) is 0 Å². The largest absolute Gasteiger partial charge is 0.496 e. The van der Waals surface area contributed by atoms with E-state index < -0.39 is 23.8 Å². The molecular weight excluding hydrogens is 323 g/mol. The van der Waals surface area contributed by atoms with Crippen LogP contribution in [0.1, 0.15) is 27.6 Å². The number of carbonyl (C=O) groups excluding carboxylic acids is 1. The highest BCUT2D eigenvalue weighted by atomic mass is 19.4. The molecule has 2 aromatic rings. The summed E-state index contributed by atoms with van der Waals surface area (Å²) >= 11 is 0. The zero-order valence-electron chi connectivity index (χ0n) is 12.8. The highest BCUT2D eigenvalue weighted by molar-refractivity contribution is 5.96. The van der Waals surface area contributed by atoms with Gasteiger partial charge in [0.15, 0.2) is 0 Å². The minimum Gasteiger partial charge on any atom is -0.496 e. The van der Waals surface area contributed by atoms with Gasteiger partial charge in [0.25, 0.3) is 5.91 Å². The van der Waals surface area contributed by atoms with E-state index in [-0.39, 0.29) is 12.1 Å². The lowest BCUT2D eigenvalue weighted by atomic mass is 10.1. The fourth-order valence-corrected chi connectivity index (χ4v) is 2.13. The number of amides is 1. The molecule has 7 heteroatoms. The third-order valence-corrected chi connectivity index (χ3v) is 3.43. The number of benzene rings is 2. The van der Waals surface area contributed by atoms with Gasteiger partial charge >= 0.3 is 6.18 Å². The number of nitrogens with one attached hydrogen (secondary N) is 1. The highest BCUT2D eigenvalue weighted by Crippen LogP contribution is 2.29. The molecule has 0 aliphatic rings. The minimum absolute atomic E-state index is 0.137. The Bertz CT molecular complexity index is 699. The minimum atomic E-state index is -4.43. The van der Waals surface area contributed by atoms with Crippen LogP contribution in [0.5, 0.6) is 5.75 Å². The first-order valence-corrected chi connectivity index (χ1v) is 7.09. The van der Waals surface area contributed by atoms with E-state index >= 15 is 0 Å². The van der Waals surface area contributed by atoms with Gasteiger partial charge in [-0.25, -0.2) is 0 Å². The second-order valence-corrected chi connectivity index (χ2v) is 5.05. The average molecular weight is 339 g/mol. The number of rotatable bonds is 5. The van der Waals surface area contributed by atoms with Crippen molar-refractivity contribution in [3.05, 3.63) is 65.2 Å².